The van der Waals surface area contributed by atoms with Gasteiger partial charge >= 0.3 is 0 Å². The standard InChI is InChI=1S/C12H21N3O2/c1-14(2)12(17)10-4-3-7-15(10)8-11(16)13-9-5-6-9/h9-10H,3-8H2,1-2H3,(H,13,16). The number of carbonyl (C=O) groups is 2. The third-order valence-corrected chi connectivity index (χ3v) is 3.38. The fourth-order valence-electron chi connectivity index (χ4n) is 2.28. The van der Waals surface area contributed by atoms with Crippen molar-refractivity contribution in [1.29, 1.82) is 0 Å². The first-order valence-electron chi connectivity index (χ1n) is 6.32. The van der Waals surface area contributed by atoms with Gasteiger partial charge in [0.15, 0.2) is 0 Å². The summed E-state index contributed by atoms with van der Waals surface area (Å²) in [6.07, 6.45) is 4.08. The van der Waals surface area contributed by atoms with Crippen LogP contribution in [0.5, 0.6) is 0 Å². The van der Waals surface area contributed by atoms with Crippen molar-refractivity contribution < 1.29 is 9.59 Å². The van der Waals surface area contributed by atoms with Gasteiger partial charge in [-0.1, -0.05) is 0 Å². The maximum Gasteiger partial charge on any atom is 0.239 e. The Bertz CT molecular complexity index is 313. The summed E-state index contributed by atoms with van der Waals surface area (Å²) >= 11 is 0. The fourth-order valence-corrected chi connectivity index (χ4v) is 2.28. The van der Waals surface area contributed by atoms with Crippen molar-refractivity contribution in [1.82, 2.24) is 15.1 Å². The first kappa shape index (κ1) is 12.4. The van der Waals surface area contributed by atoms with E-state index in [0.717, 1.165) is 32.2 Å². The van der Waals surface area contributed by atoms with Crippen LogP contribution in [0.4, 0.5) is 0 Å². The van der Waals surface area contributed by atoms with Crippen LogP contribution >= 0.6 is 0 Å². The molecule has 0 spiro atoms. The highest BCUT2D eigenvalue weighted by molar-refractivity contribution is 5.83. The summed E-state index contributed by atoms with van der Waals surface area (Å²) < 4.78 is 0. The smallest absolute Gasteiger partial charge is 0.239 e. The Morgan fingerprint density at radius 1 is 1.29 bits per heavy atom. The summed E-state index contributed by atoms with van der Waals surface area (Å²) in [6, 6.07) is 0.294. The zero-order valence-electron chi connectivity index (χ0n) is 10.6. The molecule has 2 amide bonds. The van der Waals surface area contributed by atoms with E-state index in [9.17, 15) is 9.59 Å². The van der Waals surface area contributed by atoms with Gasteiger partial charge in [0.1, 0.15) is 0 Å². The van der Waals surface area contributed by atoms with E-state index >= 15 is 0 Å². The van der Waals surface area contributed by atoms with Gasteiger partial charge in [0.05, 0.1) is 12.6 Å². The number of hydrogen-bond acceptors (Lipinski definition) is 3. The summed E-state index contributed by atoms with van der Waals surface area (Å²) in [5, 5.41) is 2.96. The highest BCUT2D eigenvalue weighted by Gasteiger charge is 2.33. The number of nitrogens with one attached hydrogen (secondary N) is 1. The summed E-state index contributed by atoms with van der Waals surface area (Å²) in [6.45, 7) is 1.21. The number of likely N-dealkylation sites (tertiary alicyclic amines) is 1. The molecule has 1 saturated carbocycles. The lowest BCUT2D eigenvalue weighted by atomic mass is 10.2. The fraction of sp³-hybridized carbons (Fsp3) is 0.833. The highest BCUT2D eigenvalue weighted by atomic mass is 16.2. The third-order valence-electron chi connectivity index (χ3n) is 3.38. The minimum atomic E-state index is -0.102. The number of rotatable bonds is 4. The number of amides is 2. The molecule has 96 valence electrons. The second-order valence-electron chi connectivity index (χ2n) is 5.20. The monoisotopic (exact) mass is 239 g/mol. The summed E-state index contributed by atoms with van der Waals surface area (Å²) in [5.41, 5.74) is 0. The van der Waals surface area contributed by atoms with E-state index in [1.54, 1.807) is 19.0 Å². The van der Waals surface area contributed by atoms with E-state index < -0.39 is 0 Å². The molecule has 1 N–H and O–H groups in total. The molecule has 2 aliphatic rings. The van der Waals surface area contributed by atoms with Gasteiger partial charge < -0.3 is 10.2 Å². The third kappa shape index (κ3) is 3.19. The van der Waals surface area contributed by atoms with Crippen LogP contribution in [-0.2, 0) is 9.59 Å². The molecule has 5 nitrogen and oxygen atoms in total. The van der Waals surface area contributed by atoms with Crippen molar-refractivity contribution in [3.63, 3.8) is 0 Å². The molecule has 5 heteroatoms. The summed E-state index contributed by atoms with van der Waals surface area (Å²) in [4.78, 5) is 27.2. The Labute approximate surface area is 102 Å². The molecule has 2 rings (SSSR count). The van der Waals surface area contributed by atoms with E-state index in [1.165, 1.54) is 0 Å². The van der Waals surface area contributed by atoms with Gasteiger partial charge in [-0.3, -0.25) is 14.5 Å². The summed E-state index contributed by atoms with van der Waals surface area (Å²) in [7, 11) is 3.53. The quantitative estimate of drug-likeness (QED) is 0.740. The van der Waals surface area contributed by atoms with E-state index in [0.29, 0.717) is 12.6 Å². The van der Waals surface area contributed by atoms with Gasteiger partial charge in [-0.2, -0.15) is 0 Å². The molecule has 1 aliphatic heterocycles. The van der Waals surface area contributed by atoms with E-state index in [4.69, 9.17) is 0 Å². The Hall–Kier alpha value is -1.10. The SMILES string of the molecule is CN(C)C(=O)C1CCCN1CC(=O)NC1CC1. The van der Waals surface area contributed by atoms with E-state index in [2.05, 4.69) is 5.32 Å². The average Bonchev–Trinajstić information content (AvgIpc) is 2.94. The van der Waals surface area contributed by atoms with Gasteiger partial charge in [0.2, 0.25) is 11.8 Å². The van der Waals surface area contributed by atoms with Crippen molar-refractivity contribution in [3.05, 3.63) is 0 Å². The second-order valence-corrected chi connectivity index (χ2v) is 5.20. The largest absolute Gasteiger partial charge is 0.352 e. The lowest BCUT2D eigenvalue weighted by molar-refractivity contribution is -0.134. The Balaban J connectivity index is 1.85. The first-order chi connectivity index (χ1) is 8.08. The zero-order chi connectivity index (χ0) is 12.4. The Morgan fingerprint density at radius 3 is 2.59 bits per heavy atom. The van der Waals surface area contributed by atoms with Crippen LogP contribution in [0.1, 0.15) is 25.7 Å². The molecule has 1 aliphatic carbocycles. The number of hydrogen-bond donors (Lipinski definition) is 1. The normalized spacial score (nSPS) is 24.7. The maximum absolute atomic E-state index is 11.9. The molecule has 0 bridgehead atoms. The molecule has 0 radical (unpaired) electrons. The number of likely N-dealkylation sites (N-methyl/N-ethyl adjacent to an activating group) is 1. The van der Waals surface area contributed by atoms with Crippen molar-refractivity contribution in [3.8, 4) is 0 Å². The molecule has 1 saturated heterocycles. The highest BCUT2D eigenvalue weighted by Crippen LogP contribution is 2.20. The Kier molecular flexibility index (Phi) is 3.66. The van der Waals surface area contributed by atoms with Crippen LogP contribution < -0.4 is 5.32 Å². The molecule has 0 aromatic carbocycles. The molecule has 1 heterocycles. The molecular weight excluding hydrogens is 218 g/mol. The summed E-state index contributed by atoms with van der Waals surface area (Å²) in [5.74, 6) is 0.174. The first-order valence-corrected chi connectivity index (χ1v) is 6.32. The zero-order valence-corrected chi connectivity index (χ0v) is 10.6. The minimum Gasteiger partial charge on any atom is -0.352 e. The lowest BCUT2D eigenvalue weighted by Gasteiger charge is -2.25. The lowest BCUT2D eigenvalue weighted by Crippen LogP contribution is -2.46. The van der Waals surface area contributed by atoms with Crippen LogP contribution in [-0.4, -0.2) is 60.9 Å². The molecule has 0 aromatic heterocycles. The van der Waals surface area contributed by atoms with Crippen LogP contribution in [0.3, 0.4) is 0 Å². The van der Waals surface area contributed by atoms with Crippen molar-refractivity contribution >= 4 is 11.8 Å². The number of nitrogens with zero attached hydrogens (tertiary/aromatic N) is 2. The second kappa shape index (κ2) is 5.04. The molecule has 0 aromatic rings. The molecular formula is C12H21N3O2. The molecule has 2 fully saturated rings. The average molecular weight is 239 g/mol. The van der Waals surface area contributed by atoms with Gasteiger partial charge in [-0.15, -0.1) is 0 Å². The predicted octanol–water partition coefficient (Wildman–Crippen LogP) is -0.182. The Morgan fingerprint density at radius 2 is 2.00 bits per heavy atom. The van der Waals surface area contributed by atoms with Gasteiger partial charge in [0, 0.05) is 20.1 Å². The maximum atomic E-state index is 11.9. The van der Waals surface area contributed by atoms with Crippen LogP contribution in [0, 0.1) is 0 Å². The molecule has 1 atom stereocenters. The number of carbonyl (C=O) groups excluding carboxylic acids is 2. The van der Waals surface area contributed by atoms with Crippen LogP contribution in [0.2, 0.25) is 0 Å². The van der Waals surface area contributed by atoms with Crippen LogP contribution in [0.15, 0.2) is 0 Å². The molecule has 17 heavy (non-hydrogen) atoms. The van der Waals surface area contributed by atoms with Crippen LogP contribution in [0.25, 0.3) is 0 Å². The van der Waals surface area contributed by atoms with E-state index in [1.807, 2.05) is 4.90 Å². The predicted molar refractivity (Wildman–Crippen MR) is 64.5 cm³/mol. The van der Waals surface area contributed by atoms with Gasteiger partial charge in [-0.25, -0.2) is 0 Å². The minimum absolute atomic E-state index is 0.0611. The topological polar surface area (TPSA) is 52.7 Å². The van der Waals surface area contributed by atoms with E-state index in [-0.39, 0.29) is 17.9 Å². The van der Waals surface area contributed by atoms with Gasteiger partial charge in [-0.05, 0) is 32.2 Å². The molecule has 1 unspecified atom stereocenters. The van der Waals surface area contributed by atoms with Crippen molar-refractivity contribution in [2.45, 2.75) is 37.8 Å². The van der Waals surface area contributed by atoms with Crippen molar-refractivity contribution in [2.75, 3.05) is 27.2 Å². The van der Waals surface area contributed by atoms with Gasteiger partial charge in [0.25, 0.3) is 0 Å². The van der Waals surface area contributed by atoms with Crippen molar-refractivity contribution in [2.24, 2.45) is 0 Å².